The number of carbonyl (C=O) groups excluding carboxylic acids is 2. The van der Waals surface area contributed by atoms with Crippen molar-refractivity contribution < 1.29 is 41.0 Å². The second-order valence-corrected chi connectivity index (χ2v) is 10.1. The lowest BCUT2D eigenvalue weighted by molar-refractivity contribution is 0.0474. The fourth-order valence-electron chi connectivity index (χ4n) is 3.90. The number of fused-ring (bicyclic) bond motifs is 1. The summed E-state index contributed by atoms with van der Waals surface area (Å²) in [5, 5.41) is 0. The number of carbonyl (C=O) groups is 2. The molecule has 0 spiro atoms. The van der Waals surface area contributed by atoms with E-state index in [0.717, 1.165) is 30.0 Å². The first-order valence-electron chi connectivity index (χ1n) is 11.0. The molecule has 0 bridgehead atoms. The van der Waals surface area contributed by atoms with Gasteiger partial charge in [0.25, 0.3) is 0 Å². The number of sulfone groups is 1. The highest BCUT2D eigenvalue weighted by atomic mass is 32.2. The van der Waals surface area contributed by atoms with Gasteiger partial charge in [0.05, 0.1) is 17.0 Å². The molecule has 190 valence electrons. The van der Waals surface area contributed by atoms with Crippen LogP contribution in [-0.4, -0.2) is 49.8 Å². The summed E-state index contributed by atoms with van der Waals surface area (Å²) in [5.74, 6) is -3.55. The van der Waals surface area contributed by atoms with Gasteiger partial charge in [0.2, 0.25) is 15.6 Å². The van der Waals surface area contributed by atoms with E-state index >= 15 is 0 Å². The van der Waals surface area contributed by atoms with Crippen LogP contribution in [0.15, 0.2) is 59.5 Å². The van der Waals surface area contributed by atoms with Gasteiger partial charge in [-0.3, -0.25) is 4.79 Å². The monoisotopic (exact) mass is 519 g/mol. The highest BCUT2D eigenvalue weighted by Gasteiger charge is 2.27. The van der Waals surface area contributed by atoms with Crippen molar-refractivity contribution in [3.05, 3.63) is 77.1 Å². The number of aromatic nitrogens is 1. The molecule has 0 saturated heterocycles. The number of hydrogen-bond acceptors (Lipinski definition) is 7. The Bertz CT molecular complexity index is 1400. The molecule has 0 N–H and O–H groups in total. The van der Waals surface area contributed by atoms with Gasteiger partial charge in [-0.2, -0.15) is 8.78 Å². The average Bonchev–Trinajstić information content (AvgIpc) is 3.15. The molecule has 11 heteroatoms. The van der Waals surface area contributed by atoms with E-state index in [4.69, 9.17) is 14.2 Å². The Kier molecular flexibility index (Phi) is 7.11. The maximum atomic E-state index is 12.8. The number of alkyl halides is 2. The topological polar surface area (TPSA) is 101 Å². The SMILES string of the molecule is Cc1cc(C(=O)COC(=O)c2ccc(S(=O)(=O)C(F)F)cc2)c(C)n1CC1COc2ccccc2O1. The summed E-state index contributed by atoms with van der Waals surface area (Å²) in [5.41, 5.74) is 1.81. The highest BCUT2D eigenvalue weighted by Crippen LogP contribution is 2.31. The summed E-state index contributed by atoms with van der Waals surface area (Å²) in [7, 11) is -4.77. The predicted molar refractivity (Wildman–Crippen MR) is 125 cm³/mol. The van der Waals surface area contributed by atoms with Gasteiger partial charge >= 0.3 is 11.7 Å². The number of hydrogen-bond donors (Lipinski definition) is 0. The Labute approximate surface area is 206 Å². The van der Waals surface area contributed by atoms with E-state index in [1.54, 1.807) is 13.0 Å². The van der Waals surface area contributed by atoms with Gasteiger partial charge in [-0.25, -0.2) is 13.2 Å². The molecule has 0 amide bonds. The smallest absolute Gasteiger partial charge is 0.341 e. The molecule has 0 radical (unpaired) electrons. The van der Waals surface area contributed by atoms with E-state index in [1.165, 1.54) is 0 Å². The summed E-state index contributed by atoms with van der Waals surface area (Å²) < 4.78 is 67.1. The van der Waals surface area contributed by atoms with E-state index in [1.807, 2.05) is 35.8 Å². The van der Waals surface area contributed by atoms with Crippen LogP contribution >= 0.6 is 0 Å². The third kappa shape index (κ3) is 5.11. The second-order valence-electron chi connectivity index (χ2n) is 8.22. The summed E-state index contributed by atoms with van der Waals surface area (Å²) in [4.78, 5) is 24.4. The molecule has 0 saturated carbocycles. The number of para-hydroxylation sites is 2. The Morgan fingerprint density at radius 1 is 1.08 bits per heavy atom. The lowest BCUT2D eigenvalue weighted by Gasteiger charge is -2.27. The molecular formula is C25H23F2NO7S. The van der Waals surface area contributed by atoms with Crippen molar-refractivity contribution in [1.29, 1.82) is 0 Å². The van der Waals surface area contributed by atoms with Gasteiger partial charge in [-0.15, -0.1) is 0 Å². The van der Waals surface area contributed by atoms with Gasteiger partial charge in [-0.1, -0.05) is 12.1 Å². The van der Waals surface area contributed by atoms with E-state index in [-0.39, 0.29) is 11.7 Å². The van der Waals surface area contributed by atoms with Crippen LogP contribution in [0, 0.1) is 13.8 Å². The summed E-state index contributed by atoms with van der Waals surface area (Å²) in [6.07, 6.45) is -0.262. The lowest BCUT2D eigenvalue weighted by atomic mass is 10.1. The first kappa shape index (κ1) is 25.4. The minimum atomic E-state index is -4.77. The molecule has 2 aromatic carbocycles. The fourth-order valence-corrected chi connectivity index (χ4v) is 4.62. The molecular weight excluding hydrogens is 496 g/mol. The van der Waals surface area contributed by atoms with E-state index in [2.05, 4.69) is 0 Å². The summed E-state index contributed by atoms with van der Waals surface area (Å²) in [6.45, 7) is 3.89. The number of rotatable bonds is 8. The Hall–Kier alpha value is -3.73. The molecule has 3 aromatic rings. The molecule has 1 unspecified atom stereocenters. The second kappa shape index (κ2) is 10.1. The highest BCUT2D eigenvalue weighted by molar-refractivity contribution is 7.91. The molecule has 2 heterocycles. The van der Waals surface area contributed by atoms with Crippen molar-refractivity contribution in [3.8, 4) is 11.5 Å². The van der Waals surface area contributed by atoms with Crippen molar-refractivity contribution in [2.75, 3.05) is 13.2 Å². The van der Waals surface area contributed by atoms with Gasteiger partial charge in [0, 0.05) is 17.0 Å². The largest absolute Gasteiger partial charge is 0.486 e. The van der Waals surface area contributed by atoms with Crippen molar-refractivity contribution in [3.63, 3.8) is 0 Å². The Morgan fingerprint density at radius 3 is 2.42 bits per heavy atom. The number of ketones is 1. The zero-order valence-electron chi connectivity index (χ0n) is 19.4. The number of aryl methyl sites for hydroxylation is 1. The van der Waals surface area contributed by atoms with Crippen LogP contribution in [0.1, 0.15) is 32.1 Å². The average molecular weight is 520 g/mol. The van der Waals surface area contributed by atoms with Crippen molar-refractivity contribution >= 4 is 21.6 Å². The summed E-state index contributed by atoms with van der Waals surface area (Å²) in [6, 6.07) is 13.0. The Balaban J connectivity index is 1.39. The maximum Gasteiger partial charge on any atom is 0.341 e. The third-order valence-electron chi connectivity index (χ3n) is 5.82. The molecule has 1 aromatic heterocycles. The van der Waals surface area contributed by atoms with Crippen molar-refractivity contribution in [2.45, 2.75) is 37.1 Å². The van der Waals surface area contributed by atoms with Crippen LogP contribution in [0.4, 0.5) is 8.78 Å². The molecule has 36 heavy (non-hydrogen) atoms. The van der Waals surface area contributed by atoms with Crippen molar-refractivity contribution in [2.24, 2.45) is 0 Å². The van der Waals surface area contributed by atoms with E-state index in [9.17, 15) is 26.8 Å². The predicted octanol–water partition coefficient (Wildman–Crippen LogP) is 3.98. The van der Waals surface area contributed by atoms with E-state index < -0.39 is 38.8 Å². The number of ether oxygens (including phenoxy) is 3. The van der Waals surface area contributed by atoms with Crippen molar-refractivity contribution in [1.82, 2.24) is 4.57 Å². The number of benzene rings is 2. The molecule has 0 aliphatic carbocycles. The maximum absolute atomic E-state index is 12.8. The number of nitrogens with zero attached hydrogens (tertiary/aromatic N) is 1. The molecule has 8 nitrogen and oxygen atoms in total. The number of esters is 1. The van der Waals surface area contributed by atoms with Gasteiger partial charge in [0.1, 0.15) is 6.61 Å². The summed E-state index contributed by atoms with van der Waals surface area (Å²) >= 11 is 0. The van der Waals surface area contributed by atoms with Gasteiger partial charge in [0.15, 0.2) is 24.2 Å². The molecule has 1 atom stereocenters. The fraction of sp³-hybridized carbons (Fsp3) is 0.280. The van der Waals surface area contributed by atoms with Crippen LogP contribution in [0.5, 0.6) is 11.5 Å². The molecule has 0 fully saturated rings. The minimum Gasteiger partial charge on any atom is -0.486 e. The van der Waals surface area contributed by atoms with Gasteiger partial charge in [-0.05, 0) is 56.3 Å². The first-order valence-corrected chi connectivity index (χ1v) is 12.5. The van der Waals surface area contributed by atoms with Crippen LogP contribution in [0.25, 0.3) is 0 Å². The standard InChI is InChI=1S/C25H23F2NO7S/c1-15-11-20(16(2)28(15)12-18-13-33-22-5-3-4-6-23(22)35-18)21(29)14-34-24(30)17-7-9-19(10-8-17)36(31,32)25(26)27/h3-11,18,25H,12-14H2,1-2H3. The minimum absolute atomic E-state index is 0.0729. The third-order valence-corrected chi connectivity index (χ3v) is 7.21. The lowest BCUT2D eigenvalue weighted by Crippen LogP contribution is -2.33. The first-order chi connectivity index (χ1) is 17.1. The van der Waals surface area contributed by atoms with Crippen LogP contribution < -0.4 is 9.47 Å². The Morgan fingerprint density at radius 2 is 1.75 bits per heavy atom. The van der Waals surface area contributed by atoms with Crippen LogP contribution in [0.2, 0.25) is 0 Å². The molecule has 4 rings (SSSR count). The zero-order valence-corrected chi connectivity index (χ0v) is 20.3. The van der Waals surface area contributed by atoms with E-state index in [0.29, 0.717) is 35.9 Å². The van der Waals surface area contributed by atoms with Crippen LogP contribution in [0.3, 0.4) is 0 Å². The van der Waals surface area contributed by atoms with Gasteiger partial charge < -0.3 is 18.8 Å². The zero-order chi connectivity index (χ0) is 26.0. The quantitative estimate of drug-likeness (QED) is 0.328. The van der Waals surface area contributed by atoms with Crippen LogP contribution in [-0.2, 0) is 21.1 Å². The number of Topliss-reactive ketones (excluding diaryl/α,β-unsaturated/α-hetero) is 1. The normalized spacial score (nSPS) is 15.1. The molecule has 1 aliphatic rings. The number of halogens is 2. The molecule has 1 aliphatic heterocycles.